The molecule has 7 nitrogen and oxygen atoms in total. The molecule has 0 radical (unpaired) electrons. The molecule has 0 aliphatic heterocycles. The molecule has 3 heterocycles. The number of aliphatic hydroxyl groups is 1. The van der Waals surface area contributed by atoms with Crippen molar-refractivity contribution in [2.24, 2.45) is 7.05 Å². The number of aromatic nitrogens is 5. The second-order valence-corrected chi connectivity index (χ2v) is 5.74. The standard InChI is InChI=1S/C14H11ClF3N5O2/c1-22-4-7(3-20-22)11-12-8(2-10(15)21-11)13(25)23(6-19-12)5-9(24)14(16,17)18/h2-4,6,9,24H,5H2,1H3/t9-/m1/s1. The molecular formula is C14H11ClF3N5O2. The highest BCUT2D eigenvalue weighted by Crippen LogP contribution is 2.26. The van der Waals surface area contributed by atoms with Gasteiger partial charge in [0.1, 0.15) is 16.4 Å². The normalized spacial score (nSPS) is 13.4. The molecule has 1 atom stereocenters. The largest absolute Gasteiger partial charge is 0.416 e. The van der Waals surface area contributed by atoms with Gasteiger partial charge in [0.25, 0.3) is 5.56 Å². The molecule has 0 bridgehead atoms. The average Bonchev–Trinajstić information content (AvgIpc) is 2.95. The number of aryl methyl sites for hydroxylation is 1. The van der Waals surface area contributed by atoms with Gasteiger partial charge in [0.05, 0.1) is 24.5 Å². The van der Waals surface area contributed by atoms with Crippen molar-refractivity contribution in [1.82, 2.24) is 24.3 Å². The number of halogens is 4. The van der Waals surface area contributed by atoms with E-state index in [0.29, 0.717) is 10.1 Å². The highest BCUT2D eigenvalue weighted by Gasteiger charge is 2.38. The van der Waals surface area contributed by atoms with Gasteiger partial charge in [-0.3, -0.25) is 14.0 Å². The third kappa shape index (κ3) is 3.35. The van der Waals surface area contributed by atoms with Crippen molar-refractivity contribution >= 4 is 22.5 Å². The number of rotatable bonds is 3. The molecule has 11 heteroatoms. The van der Waals surface area contributed by atoms with E-state index in [1.807, 2.05) is 0 Å². The van der Waals surface area contributed by atoms with Gasteiger partial charge in [0.15, 0.2) is 6.10 Å². The Morgan fingerprint density at radius 3 is 2.72 bits per heavy atom. The van der Waals surface area contributed by atoms with Crippen LogP contribution in [-0.2, 0) is 13.6 Å². The monoisotopic (exact) mass is 373 g/mol. The molecule has 0 spiro atoms. The van der Waals surface area contributed by atoms with Crippen LogP contribution in [0.1, 0.15) is 0 Å². The summed E-state index contributed by atoms with van der Waals surface area (Å²) < 4.78 is 39.7. The van der Waals surface area contributed by atoms with Crippen LogP contribution >= 0.6 is 11.6 Å². The third-order valence-electron chi connectivity index (χ3n) is 3.50. The van der Waals surface area contributed by atoms with Gasteiger partial charge in [0, 0.05) is 18.8 Å². The number of hydrogen-bond acceptors (Lipinski definition) is 5. The Bertz CT molecular complexity index is 998. The Hall–Kier alpha value is -2.46. The maximum absolute atomic E-state index is 12.5. The van der Waals surface area contributed by atoms with Gasteiger partial charge in [-0.05, 0) is 6.07 Å². The van der Waals surface area contributed by atoms with Crippen molar-refractivity contribution < 1.29 is 18.3 Å². The van der Waals surface area contributed by atoms with Crippen LogP contribution in [-0.4, -0.2) is 41.7 Å². The molecule has 3 rings (SSSR count). The Morgan fingerprint density at radius 1 is 1.40 bits per heavy atom. The molecule has 0 amide bonds. The number of aliphatic hydroxyl groups excluding tert-OH is 1. The van der Waals surface area contributed by atoms with Crippen LogP contribution in [0.2, 0.25) is 5.15 Å². The summed E-state index contributed by atoms with van der Waals surface area (Å²) in [7, 11) is 1.69. The van der Waals surface area contributed by atoms with E-state index in [0.717, 1.165) is 6.33 Å². The summed E-state index contributed by atoms with van der Waals surface area (Å²) in [5.74, 6) is 0. The zero-order valence-corrected chi connectivity index (χ0v) is 13.5. The minimum atomic E-state index is -4.84. The van der Waals surface area contributed by atoms with Gasteiger partial charge >= 0.3 is 6.18 Å². The van der Waals surface area contributed by atoms with Crippen LogP contribution in [0.4, 0.5) is 13.2 Å². The van der Waals surface area contributed by atoms with E-state index in [9.17, 15) is 18.0 Å². The predicted molar refractivity (Wildman–Crippen MR) is 83.1 cm³/mol. The molecule has 0 fully saturated rings. The van der Waals surface area contributed by atoms with E-state index < -0.39 is 24.4 Å². The van der Waals surface area contributed by atoms with Crippen molar-refractivity contribution in [2.45, 2.75) is 18.8 Å². The summed E-state index contributed by atoms with van der Waals surface area (Å²) in [6.07, 6.45) is -3.45. The Labute approximate surface area is 143 Å². The molecule has 1 N–H and O–H groups in total. The fourth-order valence-corrected chi connectivity index (χ4v) is 2.49. The van der Waals surface area contributed by atoms with Gasteiger partial charge in [-0.15, -0.1) is 0 Å². The lowest BCUT2D eigenvalue weighted by molar-refractivity contribution is -0.207. The van der Waals surface area contributed by atoms with Crippen LogP contribution in [0.5, 0.6) is 0 Å². The quantitative estimate of drug-likeness (QED) is 0.707. The molecule has 0 unspecified atom stereocenters. The molecule has 0 aliphatic rings. The van der Waals surface area contributed by atoms with Crippen molar-refractivity contribution in [1.29, 1.82) is 0 Å². The highest BCUT2D eigenvalue weighted by molar-refractivity contribution is 6.30. The SMILES string of the molecule is Cn1cc(-c2nc(Cl)cc3c(=O)n(C[C@@H](O)C(F)(F)F)cnc23)cn1. The smallest absolute Gasteiger partial charge is 0.382 e. The zero-order valence-electron chi connectivity index (χ0n) is 12.7. The molecule has 0 aromatic carbocycles. The Kier molecular flexibility index (Phi) is 4.25. The molecule has 0 saturated heterocycles. The first-order valence-corrected chi connectivity index (χ1v) is 7.34. The van der Waals surface area contributed by atoms with Crippen LogP contribution in [0, 0.1) is 0 Å². The number of nitrogens with zero attached hydrogens (tertiary/aromatic N) is 5. The van der Waals surface area contributed by atoms with E-state index >= 15 is 0 Å². The molecule has 3 aromatic rings. The van der Waals surface area contributed by atoms with Crippen molar-refractivity contribution in [3.05, 3.63) is 40.3 Å². The fraction of sp³-hybridized carbons (Fsp3) is 0.286. The third-order valence-corrected chi connectivity index (χ3v) is 3.70. The topological polar surface area (TPSA) is 85.8 Å². The van der Waals surface area contributed by atoms with E-state index in [1.54, 1.807) is 13.2 Å². The average molecular weight is 374 g/mol. The molecule has 132 valence electrons. The lowest BCUT2D eigenvalue weighted by Crippen LogP contribution is -2.36. The second-order valence-electron chi connectivity index (χ2n) is 5.35. The highest BCUT2D eigenvalue weighted by atomic mass is 35.5. The summed E-state index contributed by atoms with van der Waals surface area (Å²) in [4.78, 5) is 20.6. The zero-order chi connectivity index (χ0) is 18.4. The van der Waals surface area contributed by atoms with Crippen molar-refractivity contribution in [2.75, 3.05) is 0 Å². The van der Waals surface area contributed by atoms with Gasteiger partial charge in [0.2, 0.25) is 0 Å². The number of hydrogen-bond donors (Lipinski definition) is 1. The summed E-state index contributed by atoms with van der Waals surface area (Å²) in [6, 6.07) is 1.22. The summed E-state index contributed by atoms with van der Waals surface area (Å²) >= 11 is 5.94. The van der Waals surface area contributed by atoms with E-state index in [4.69, 9.17) is 16.7 Å². The van der Waals surface area contributed by atoms with Gasteiger partial charge < -0.3 is 5.11 Å². The van der Waals surface area contributed by atoms with Gasteiger partial charge in [-0.2, -0.15) is 18.3 Å². The number of fused-ring (bicyclic) bond motifs is 1. The molecule has 25 heavy (non-hydrogen) atoms. The van der Waals surface area contributed by atoms with E-state index in [1.165, 1.54) is 16.9 Å². The first-order valence-electron chi connectivity index (χ1n) is 6.96. The Balaban J connectivity index is 2.15. The maximum Gasteiger partial charge on any atom is 0.416 e. The summed E-state index contributed by atoms with van der Waals surface area (Å²) in [5, 5.41) is 13.1. The minimum absolute atomic E-state index is 0.00396. The first kappa shape index (κ1) is 17.4. The van der Waals surface area contributed by atoms with E-state index in [2.05, 4.69) is 15.1 Å². The molecule has 0 saturated carbocycles. The number of pyridine rings is 1. The summed E-state index contributed by atoms with van der Waals surface area (Å²) in [6.45, 7) is -0.965. The lowest BCUT2D eigenvalue weighted by atomic mass is 10.1. The predicted octanol–water partition coefficient (Wildman–Crippen LogP) is 1.77. The lowest BCUT2D eigenvalue weighted by Gasteiger charge is -2.16. The number of alkyl halides is 3. The fourth-order valence-electron chi connectivity index (χ4n) is 2.30. The first-order chi connectivity index (χ1) is 11.7. The maximum atomic E-state index is 12.5. The van der Waals surface area contributed by atoms with Crippen LogP contribution in [0.25, 0.3) is 22.2 Å². The molecular weight excluding hydrogens is 363 g/mol. The Morgan fingerprint density at radius 2 is 2.12 bits per heavy atom. The molecule has 0 aliphatic carbocycles. The van der Waals surface area contributed by atoms with Crippen molar-refractivity contribution in [3.63, 3.8) is 0 Å². The van der Waals surface area contributed by atoms with E-state index in [-0.39, 0.29) is 21.7 Å². The van der Waals surface area contributed by atoms with Crippen LogP contribution < -0.4 is 5.56 Å². The van der Waals surface area contributed by atoms with Crippen molar-refractivity contribution in [3.8, 4) is 11.3 Å². The van der Waals surface area contributed by atoms with Gasteiger partial charge in [-0.1, -0.05) is 11.6 Å². The summed E-state index contributed by atoms with van der Waals surface area (Å²) in [5.41, 5.74) is 0.258. The molecule has 3 aromatic heterocycles. The second kappa shape index (κ2) is 6.12. The minimum Gasteiger partial charge on any atom is -0.382 e. The van der Waals surface area contributed by atoms with Crippen LogP contribution in [0.15, 0.2) is 29.6 Å². The van der Waals surface area contributed by atoms with Gasteiger partial charge in [-0.25, -0.2) is 9.97 Å². The van der Waals surface area contributed by atoms with Crippen LogP contribution in [0.3, 0.4) is 0 Å².